The minimum atomic E-state index is -0.326. The topological polar surface area (TPSA) is 68.1 Å². The minimum absolute atomic E-state index is 0.111. The first-order valence-electron chi connectivity index (χ1n) is 7.62. The average molecular weight is 289 g/mol. The maximum Gasteiger partial charge on any atom is 0.314 e. The zero-order valence-electron chi connectivity index (χ0n) is 13.1. The smallest absolute Gasteiger partial charge is 0.314 e. The van der Waals surface area contributed by atoms with E-state index < -0.39 is 0 Å². The molecule has 21 heavy (non-hydrogen) atoms. The molecule has 1 N–H and O–H groups in total. The number of rotatable bonds is 3. The van der Waals surface area contributed by atoms with Gasteiger partial charge >= 0.3 is 5.69 Å². The predicted octanol–water partition coefficient (Wildman–Crippen LogP) is 3.92. The molecule has 2 aliphatic carbocycles. The van der Waals surface area contributed by atoms with E-state index in [4.69, 9.17) is 0 Å². The van der Waals surface area contributed by atoms with Crippen molar-refractivity contribution in [3.63, 3.8) is 0 Å². The molecule has 3 unspecified atom stereocenters. The molecule has 2 fully saturated rings. The lowest BCUT2D eigenvalue weighted by molar-refractivity contribution is -0.384. The molecule has 0 amide bonds. The Bertz CT molecular complexity index is 594. The number of fused-ring (bicyclic) bond motifs is 2. The van der Waals surface area contributed by atoms with E-state index in [-0.39, 0.29) is 27.5 Å². The molecule has 0 saturated heterocycles. The van der Waals surface area contributed by atoms with Gasteiger partial charge in [-0.1, -0.05) is 20.8 Å². The molecule has 2 saturated carbocycles. The van der Waals surface area contributed by atoms with Crippen LogP contribution >= 0.6 is 0 Å². The Morgan fingerprint density at radius 2 is 2.14 bits per heavy atom. The molecule has 0 aliphatic heterocycles. The first-order chi connectivity index (χ1) is 9.75. The van der Waals surface area contributed by atoms with Crippen LogP contribution in [0.15, 0.2) is 12.3 Å². The number of anilines is 1. The first kappa shape index (κ1) is 14.3. The van der Waals surface area contributed by atoms with E-state index in [9.17, 15) is 10.1 Å². The second kappa shape index (κ2) is 4.42. The Morgan fingerprint density at radius 3 is 2.71 bits per heavy atom. The third-order valence-electron chi connectivity index (χ3n) is 5.86. The SMILES string of the molecule is Cc1ccnc(NC2C3(C)CCC(C3)C2(C)C)c1[N+](=O)[O-]. The summed E-state index contributed by atoms with van der Waals surface area (Å²) in [6, 6.07) is 1.92. The Hall–Kier alpha value is -1.65. The van der Waals surface area contributed by atoms with Crippen molar-refractivity contribution in [2.24, 2.45) is 16.7 Å². The lowest BCUT2D eigenvalue weighted by Crippen LogP contribution is -2.46. The number of nitrogens with one attached hydrogen (secondary N) is 1. The summed E-state index contributed by atoms with van der Waals surface area (Å²) >= 11 is 0. The van der Waals surface area contributed by atoms with Crippen LogP contribution in [-0.2, 0) is 0 Å². The second-order valence-electron chi connectivity index (χ2n) is 7.57. The number of nitro groups is 1. The number of nitrogens with zero attached hydrogens (tertiary/aromatic N) is 2. The van der Waals surface area contributed by atoms with Gasteiger partial charge in [-0.3, -0.25) is 10.1 Å². The van der Waals surface area contributed by atoms with Crippen LogP contribution in [0.25, 0.3) is 0 Å². The zero-order valence-corrected chi connectivity index (χ0v) is 13.1. The third kappa shape index (κ3) is 2.01. The van der Waals surface area contributed by atoms with Gasteiger partial charge in [0, 0.05) is 17.8 Å². The Balaban J connectivity index is 1.98. The van der Waals surface area contributed by atoms with Crippen molar-refractivity contribution in [3.8, 4) is 0 Å². The van der Waals surface area contributed by atoms with E-state index in [1.54, 1.807) is 19.2 Å². The Morgan fingerprint density at radius 1 is 1.43 bits per heavy atom. The summed E-state index contributed by atoms with van der Waals surface area (Å²) in [6.45, 7) is 8.63. The molecule has 1 aromatic heterocycles. The van der Waals surface area contributed by atoms with Gasteiger partial charge < -0.3 is 5.32 Å². The molecule has 3 atom stereocenters. The lowest BCUT2D eigenvalue weighted by atomic mass is 9.68. The van der Waals surface area contributed by atoms with Crippen LogP contribution in [0.3, 0.4) is 0 Å². The number of hydrogen-bond acceptors (Lipinski definition) is 4. The molecule has 2 bridgehead atoms. The quantitative estimate of drug-likeness (QED) is 0.676. The molecule has 0 aromatic carbocycles. The van der Waals surface area contributed by atoms with Gasteiger partial charge in [0.2, 0.25) is 5.82 Å². The normalized spacial score (nSPS) is 33.1. The van der Waals surface area contributed by atoms with E-state index in [1.807, 2.05) is 0 Å². The van der Waals surface area contributed by atoms with Crippen molar-refractivity contribution in [1.82, 2.24) is 4.98 Å². The maximum atomic E-state index is 11.3. The highest BCUT2D eigenvalue weighted by Gasteiger charge is 2.59. The molecule has 114 valence electrons. The molecule has 0 spiro atoms. The van der Waals surface area contributed by atoms with E-state index in [0.717, 1.165) is 0 Å². The van der Waals surface area contributed by atoms with Gasteiger partial charge in [-0.15, -0.1) is 0 Å². The van der Waals surface area contributed by atoms with E-state index >= 15 is 0 Å². The van der Waals surface area contributed by atoms with Gasteiger partial charge in [0.25, 0.3) is 0 Å². The van der Waals surface area contributed by atoms with Crippen LogP contribution in [0.5, 0.6) is 0 Å². The fourth-order valence-corrected chi connectivity index (χ4v) is 4.69. The molecule has 1 heterocycles. The maximum absolute atomic E-state index is 11.3. The van der Waals surface area contributed by atoms with E-state index in [1.165, 1.54) is 19.3 Å². The largest absolute Gasteiger partial charge is 0.361 e. The fourth-order valence-electron chi connectivity index (χ4n) is 4.69. The molecule has 5 nitrogen and oxygen atoms in total. The van der Waals surface area contributed by atoms with Crippen LogP contribution in [0.4, 0.5) is 11.5 Å². The number of pyridine rings is 1. The van der Waals surface area contributed by atoms with Gasteiger partial charge in [-0.05, 0) is 49.0 Å². The van der Waals surface area contributed by atoms with Gasteiger partial charge in [-0.2, -0.15) is 0 Å². The van der Waals surface area contributed by atoms with Crippen molar-refractivity contribution < 1.29 is 4.92 Å². The summed E-state index contributed by atoms with van der Waals surface area (Å²) in [6.07, 6.45) is 5.31. The predicted molar refractivity (Wildman–Crippen MR) is 82.3 cm³/mol. The van der Waals surface area contributed by atoms with Crippen molar-refractivity contribution >= 4 is 11.5 Å². The molecule has 0 radical (unpaired) electrons. The van der Waals surface area contributed by atoms with Crippen LogP contribution in [0.1, 0.15) is 45.6 Å². The molecule has 2 aliphatic rings. The van der Waals surface area contributed by atoms with Crippen molar-refractivity contribution in [2.45, 2.75) is 53.0 Å². The molecule has 3 rings (SSSR count). The van der Waals surface area contributed by atoms with Crippen LogP contribution < -0.4 is 5.32 Å². The summed E-state index contributed by atoms with van der Waals surface area (Å²) in [5.74, 6) is 1.12. The molecule has 1 aromatic rings. The Labute approximate surface area is 125 Å². The molecular formula is C16H23N3O2. The second-order valence-corrected chi connectivity index (χ2v) is 7.57. The van der Waals surface area contributed by atoms with E-state index in [0.29, 0.717) is 17.3 Å². The zero-order chi connectivity index (χ0) is 15.4. The number of hydrogen-bond donors (Lipinski definition) is 1. The lowest BCUT2D eigenvalue weighted by Gasteiger charge is -2.43. The standard InChI is InChI=1S/C16H23N3O2/c1-10-6-8-17-13(12(10)19(20)21)18-14-15(2,3)11-5-7-16(14,4)9-11/h6,8,11,14H,5,7,9H2,1-4H3,(H,17,18). The van der Waals surface area contributed by atoms with Gasteiger partial charge in [0.05, 0.1) is 4.92 Å². The summed E-state index contributed by atoms with van der Waals surface area (Å²) in [4.78, 5) is 15.3. The highest BCUT2D eigenvalue weighted by Crippen LogP contribution is 2.63. The monoisotopic (exact) mass is 289 g/mol. The van der Waals surface area contributed by atoms with Gasteiger partial charge in [0.1, 0.15) is 0 Å². The summed E-state index contributed by atoms with van der Waals surface area (Å²) < 4.78 is 0. The highest BCUT2D eigenvalue weighted by molar-refractivity contribution is 5.60. The van der Waals surface area contributed by atoms with Crippen LogP contribution in [0.2, 0.25) is 0 Å². The van der Waals surface area contributed by atoms with Crippen LogP contribution in [-0.4, -0.2) is 15.9 Å². The highest BCUT2D eigenvalue weighted by atomic mass is 16.6. The van der Waals surface area contributed by atoms with E-state index in [2.05, 4.69) is 31.1 Å². The minimum Gasteiger partial charge on any atom is -0.361 e. The summed E-state index contributed by atoms with van der Waals surface area (Å²) in [7, 11) is 0. The summed E-state index contributed by atoms with van der Waals surface area (Å²) in [5.41, 5.74) is 1.13. The van der Waals surface area contributed by atoms with Crippen molar-refractivity contribution in [1.29, 1.82) is 0 Å². The number of aromatic nitrogens is 1. The fraction of sp³-hybridized carbons (Fsp3) is 0.688. The summed E-state index contributed by atoms with van der Waals surface area (Å²) in [5, 5.41) is 14.8. The van der Waals surface area contributed by atoms with Gasteiger partial charge in [-0.25, -0.2) is 4.98 Å². The first-order valence-corrected chi connectivity index (χ1v) is 7.62. The van der Waals surface area contributed by atoms with Crippen molar-refractivity contribution in [3.05, 3.63) is 27.9 Å². The Kier molecular flexibility index (Phi) is 3.01. The van der Waals surface area contributed by atoms with Crippen LogP contribution in [0, 0.1) is 33.8 Å². The molecular weight excluding hydrogens is 266 g/mol. The number of aryl methyl sites for hydroxylation is 1. The molecule has 5 heteroatoms. The average Bonchev–Trinajstić information content (AvgIpc) is 2.85. The van der Waals surface area contributed by atoms with Crippen molar-refractivity contribution in [2.75, 3.05) is 5.32 Å². The third-order valence-corrected chi connectivity index (χ3v) is 5.86. The van der Waals surface area contributed by atoms with Gasteiger partial charge in [0.15, 0.2) is 0 Å².